The largest absolute Gasteiger partial charge is 0.508 e. The first-order chi connectivity index (χ1) is 12.2. The zero-order valence-electron chi connectivity index (χ0n) is 13.2. The third-order valence-electron chi connectivity index (χ3n) is 3.94. The maximum absolute atomic E-state index is 13.0. The van der Waals surface area contributed by atoms with Crippen LogP contribution in [0.25, 0.3) is 34.2 Å². The molecule has 4 heteroatoms. The molecule has 4 rings (SSSR count). The Balaban J connectivity index is 1.99. The van der Waals surface area contributed by atoms with Gasteiger partial charge in [0.2, 0.25) is 5.43 Å². The average molecular weight is 346 g/mol. The van der Waals surface area contributed by atoms with Crippen LogP contribution in [0.4, 0.5) is 0 Å². The van der Waals surface area contributed by atoms with Crippen LogP contribution in [0.15, 0.2) is 74.6 Å². The van der Waals surface area contributed by atoms with E-state index in [4.69, 9.17) is 4.42 Å². The van der Waals surface area contributed by atoms with Crippen LogP contribution in [-0.4, -0.2) is 5.11 Å². The molecule has 0 aliphatic carbocycles. The van der Waals surface area contributed by atoms with Crippen LogP contribution in [0.3, 0.4) is 0 Å². The standard InChI is InChI=1S/C21H14O3S/c22-16-7-8-17-19(12-16)24-18(9-6-14-10-11-25-13-14)20(21(17)23)15-4-2-1-3-5-15/h1-13,22H/b9-6+. The van der Waals surface area contributed by atoms with Gasteiger partial charge in [-0.1, -0.05) is 36.4 Å². The molecule has 3 nitrogen and oxygen atoms in total. The van der Waals surface area contributed by atoms with Gasteiger partial charge >= 0.3 is 0 Å². The second kappa shape index (κ2) is 6.42. The summed E-state index contributed by atoms with van der Waals surface area (Å²) in [6.07, 6.45) is 3.71. The van der Waals surface area contributed by atoms with E-state index in [1.54, 1.807) is 23.5 Å². The van der Waals surface area contributed by atoms with Gasteiger partial charge in [-0.3, -0.25) is 4.79 Å². The Morgan fingerprint density at radius 3 is 2.60 bits per heavy atom. The van der Waals surface area contributed by atoms with Crippen LogP contribution >= 0.6 is 11.3 Å². The molecule has 2 aromatic carbocycles. The van der Waals surface area contributed by atoms with Crippen molar-refractivity contribution in [2.75, 3.05) is 0 Å². The first kappa shape index (κ1) is 15.4. The van der Waals surface area contributed by atoms with Gasteiger partial charge in [0, 0.05) is 6.07 Å². The molecule has 4 aromatic rings. The van der Waals surface area contributed by atoms with Gasteiger partial charge in [0.05, 0.1) is 10.9 Å². The van der Waals surface area contributed by atoms with Crippen LogP contribution in [0, 0.1) is 0 Å². The van der Waals surface area contributed by atoms with Crippen molar-refractivity contribution < 1.29 is 9.52 Å². The molecule has 2 aromatic heterocycles. The van der Waals surface area contributed by atoms with Crippen molar-refractivity contribution in [2.45, 2.75) is 0 Å². The molecule has 0 saturated heterocycles. The number of phenolic OH excluding ortho intramolecular Hbond substituents is 1. The average Bonchev–Trinajstić information content (AvgIpc) is 3.14. The second-order valence-corrected chi connectivity index (χ2v) is 6.39. The Morgan fingerprint density at radius 1 is 1.00 bits per heavy atom. The number of thiophene rings is 1. The van der Waals surface area contributed by atoms with Gasteiger partial charge in [-0.05, 0) is 46.2 Å². The van der Waals surface area contributed by atoms with E-state index in [0.29, 0.717) is 22.3 Å². The first-order valence-corrected chi connectivity index (χ1v) is 8.72. The number of benzene rings is 2. The maximum atomic E-state index is 13.0. The quantitative estimate of drug-likeness (QED) is 0.540. The van der Waals surface area contributed by atoms with Crippen LogP contribution in [0.2, 0.25) is 0 Å². The summed E-state index contributed by atoms with van der Waals surface area (Å²) in [6, 6.07) is 16.0. The van der Waals surface area contributed by atoms with E-state index in [2.05, 4.69) is 0 Å². The Bertz CT molecular complexity index is 1110. The number of hydrogen-bond acceptors (Lipinski definition) is 4. The predicted octanol–water partition coefficient (Wildman–Crippen LogP) is 5.40. The van der Waals surface area contributed by atoms with E-state index in [9.17, 15) is 9.90 Å². The first-order valence-electron chi connectivity index (χ1n) is 7.78. The van der Waals surface area contributed by atoms with E-state index < -0.39 is 0 Å². The van der Waals surface area contributed by atoms with Crippen molar-refractivity contribution in [3.05, 3.63) is 86.9 Å². The summed E-state index contributed by atoms with van der Waals surface area (Å²) in [5, 5.41) is 14.2. The van der Waals surface area contributed by atoms with E-state index >= 15 is 0 Å². The molecule has 0 fully saturated rings. The lowest BCUT2D eigenvalue weighted by Crippen LogP contribution is -2.07. The van der Waals surface area contributed by atoms with Crippen LogP contribution in [-0.2, 0) is 0 Å². The summed E-state index contributed by atoms with van der Waals surface area (Å²) in [4.78, 5) is 13.0. The molecule has 0 saturated carbocycles. The molecule has 122 valence electrons. The zero-order chi connectivity index (χ0) is 17.2. The van der Waals surface area contributed by atoms with Gasteiger partial charge < -0.3 is 9.52 Å². The van der Waals surface area contributed by atoms with Crippen molar-refractivity contribution in [3.8, 4) is 16.9 Å². The number of fused-ring (bicyclic) bond motifs is 1. The summed E-state index contributed by atoms with van der Waals surface area (Å²) in [5.41, 5.74) is 2.62. The Kier molecular flexibility index (Phi) is 3.96. The highest BCUT2D eigenvalue weighted by atomic mass is 32.1. The van der Waals surface area contributed by atoms with E-state index in [0.717, 1.165) is 11.1 Å². The topological polar surface area (TPSA) is 50.4 Å². The molecule has 1 N–H and O–H groups in total. The van der Waals surface area contributed by atoms with Crippen molar-refractivity contribution in [2.24, 2.45) is 0 Å². The summed E-state index contributed by atoms with van der Waals surface area (Å²) < 4.78 is 5.96. The zero-order valence-corrected chi connectivity index (χ0v) is 14.0. The Morgan fingerprint density at radius 2 is 1.84 bits per heavy atom. The number of phenols is 1. The van der Waals surface area contributed by atoms with Crippen LogP contribution in [0.1, 0.15) is 11.3 Å². The minimum absolute atomic E-state index is 0.0656. The lowest BCUT2D eigenvalue weighted by atomic mass is 10.0. The molecular weight excluding hydrogens is 332 g/mol. The molecular formula is C21H14O3S. The van der Waals surface area contributed by atoms with Gasteiger partial charge in [-0.25, -0.2) is 0 Å². The van der Waals surface area contributed by atoms with Crippen LogP contribution in [0.5, 0.6) is 5.75 Å². The van der Waals surface area contributed by atoms with E-state index in [1.165, 1.54) is 12.1 Å². The molecule has 0 spiro atoms. The molecule has 2 heterocycles. The molecule has 0 aliphatic heterocycles. The van der Waals surface area contributed by atoms with Gasteiger partial charge in [-0.2, -0.15) is 11.3 Å². The SMILES string of the molecule is O=c1c(-c2ccccc2)c(/C=C/c2ccsc2)oc2cc(O)ccc12. The highest BCUT2D eigenvalue weighted by molar-refractivity contribution is 7.08. The highest BCUT2D eigenvalue weighted by Crippen LogP contribution is 2.28. The number of rotatable bonds is 3. The van der Waals surface area contributed by atoms with Crippen molar-refractivity contribution in [3.63, 3.8) is 0 Å². The molecule has 0 radical (unpaired) electrons. The van der Waals surface area contributed by atoms with Gasteiger partial charge in [0.25, 0.3) is 0 Å². The molecule has 0 amide bonds. The van der Waals surface area contributed by atoms with Crippen molar-refractivity contribution in [1.82, 2.24) is 0 Å². The molecule has 0 unspecified atom stereocenters. The van der Waals surface area contributed by atoms with Gasteiger partial charge in [-0.15, -0.1) is 0 Å². The Labute approximate surface area is 148 Å². The molecule has 0 atom stereocenters. The minimum Gasteiger partial charge on any atom is -0.508 e. The third-order valence-corrected chi connectivity index (χ3v) is 4.64. The van der Waals surface area contributed by atoms with Crippen molar-refractivity contribution >= 4 is 34.5 Å². The monoisotopic (exact) mass is 346 g/mol. The lowest BCUT2D eigenvalue weighted by Gasteiger charge is -2.08. The van der Waals surface area contributed by atoms with Crippen molar-refractivity contribution in [1.29, 1.82) is 0 Å². The maximum Gasteiger partial charge on any atom is 0.201 e. The smallest absolute Gasteiger partial charge is 0.201 e. The number of hydrogen-bond donors (Lipinski definition) is 1. The van der Waals surface area contributed by atoms with E-state index in [-0.39, 0.29) is 11.2 Å². The molecule has 0 aliphatic rings. The summed E-state index contributed by atoms with van der Waals surface area (Å²) in [7, 11) is 0. The van der Waals surface area contributed by atoms with Crippen LogP contribution < -0.4 is 5.43 Å². The minimum atomic E-state index is -0.114. The predicted molar refractivity (Wildman–Crippen MR) is 103 cm³/mol. The van der Waals surface area contributed by atoms with Gasteiger partial charge in [0.1, 0.15) is 17.1 Å². The van der Waals surface area contributed by atoms with E-state index in [1.807, 2.05) is 53.2 Å². The fourth-order valence-electron chi connectivity index (χ4n) is 2.74. The van der Waals surface area contributed by atoms with Gasteiger partial charge in [0.15, 0.2) is 0 Å². The third kappa shape index (κ3) is 2.99. The fourth-order valence-corrected chi connectivity index (χ4v) is 3.36. The lowest BCUT2D eigenvalue weighted by molar-refractivity contribution is 0.474. The summed E-state index contributed by atoms with van der Waals surface area (Å²) in [6.45, 7) is 0. The second-order valence-electron chi connectivity index (χ2n) is 5.61. The fraction of sp³-hybridized carbons (Fsp3) is 0. The summed E-state index contributed by atoms with van der Waals surface area (Å²) in [5.74, 6) is 0.538. The Hall–Kier alpha value is -3.11. The normalized spacial score (nSPS) is 11.4. The number of aromatic hydroxyl groups is 1. The highest BCUT2D eigenvalue weighted by Gasteiger charge is 2.15. The molecule has 0 bridgehead atoms. The summed E-state index contributed by atoms with van der Waals surface area (Å²) >= 11 is 1.61. The molecule has 25 heavy (non-hydrogen) atoms.